The highest BCUT2D eigenvalue weighted by Gasteiger charge is 2.56. The van der Waals surface area contributed by atoms with Gasteiger partial charge in [-0.15, -0.1) is 0 Å². The minimum Gasteiger partial charge on any atom is -0.477 e. The van der Waals surface area contributed by atoms with Gasteiger partial charge in [-0.25, -0.2) is 9.78 Å². The Labute approximate surface area is 134 Å². The predicted molar refractivity (Wildman–Crippen MR) is 82.5 cm³/mol. The van der Waals surface area contributed by atoms with Gasteiger partial charge < -0.3 is 25.0 Å². The number of anilines is 1. The highest BCUT2D eigenvalue weighted by atomic mass is 16.5. The summed E-state index contributed by atoms with van der Waals surface area (Å²) in [6.45, 7) is 1.76. The summed E-state index contributed by atoms with van der Waals surface area (Å²) in [4.78, 5) is 17.0. The van der Waals surface area contributed by atoms with Gasteiger partial charge in [0.2, 0.25) is 0 Å². The smallest absolute Gasteiger partial charge is 0.354 e. The topological polar surface area (TPSA) is 103 Å². The lowest BCUT2D eigenvalue weighted by atomic mass is 9.58. The first kappa shape index (κ1) is 16.2. The fraction of sp³-hybridized carbons (Fsp3) is 0.625. The highest BCUT2D eigenvalue weighted by molar-refractivity contribution is 5.86. The largest absolute Gasteiger partial charge is 0.477 e. The van der Waals surface area contributed by atoms with E-state index in [1.54, 1.807) is 12.1 Å². The number of carbonyl (C=O) groups is 1. The maximum absolute atomic E-state index is 11.0. The number of hydrogen-bond acceptors (Lipinski definition) is 6. The zero-order valence-electron chi connectivity index (χ0n) is 12.9. The summed E-state index contributed by atoms with van der Waals surface area (Å²) in [6, 6.07) is 3.39. The first-order valence-electron chi connectivity index (χ1n) is 7.91. The normalized spacial score (nSPS) is 26.1. The molecule has 7 heteroatoms. The van der Waals surface area contributed by atoms with Crippen LogP contribution in [0.4, 0.5) is 5.69 Å². The van der Waals surface area contributed by atoms with Crippen molar-refractivity contribution in [3.8, 4) is 0 Å². The summed E-state index contributed by atoms with van der Waals surface area (Å²) < 4.78 is 5.67. The number of aliphatic hydroxyl groups is 2. The summed E-state index contributed by atoms with van der Waals surface area (Å²) in [6.07, 6.45) is 3.34. The second-order valence-electron chi connectivity index (χ2n) is 6.26. The summed E-state index contributed by atoms with van der Waals surface area (Å²) in [5, 5.41) is 28.2. The van der Waals surface area contributed by atoms with Crippen molar-refractivity contribution in [3.63, 3.8) is 0 Å². The molecule has 1 aliphatic carbocycles. The van der Waals surface area contributed by atoms with Crippen LogP contribution in [0.2, 0.25) is 0 Å². The molecule has 1 aromatic rings. The molecule has 7 nitrogen and oxygen atoms in total. The van der Waals surface area contributed by atoms with Gasteiger partial charge in [0.1, 0.15) is 5.69 Å². The Morgan fingerprint density at radius 3 is 2.78 bits per heavy atom. The van der Waals surface area contributed by atoms with Crippen LogP contribution >= 0.6 is 0 Å². The van der Waals surface area contributed by atoms with Gasteiger partial charge in [-0.2, -0.15) is 0 Å². The van der Waals surface area contributed by atoms with E-state index in [4.69, 9.17) is 14.9 Å². The number of nitrogens with zero attached hydrogens (tertiary/aromatic N) is 2. The molecule has 3 rings (SSSR count). The van der Waals surface area contributed by atoms with Crippen molar-refractivity contribution < 1.29 is 24.9 Å². The van der Waals surface area contributed by atoms with Crippen molar-refractivity contribution in [1.82, 2.24) is 4.98 Å². The van der Waals surface area contributed by atoms with Crippen LogP contribution in [0.25, 0.3) is 0 Å². The number of hydrogen-bond donors (Lipinski definition) is 3. The first-order valence-corrected chi connectivity index (χ1v) is 7.91. The molecule has 0 unspecified atom stereocenters. The molecule has 1 spiro atoms. The van der Waals surface area contributed by atoms with Gasteiger partial charge in [0.25, 0.3) is 0 Å². The summed E-state index contributed by atoms with van der Waals surface area (Å²) in [7, 11) is 0. The maximum atomic E-state index is 11.0. The molecule has 1 aromatic heterocycles. The molecule has 23 heavy (non-hydrogen) atoms. The molecule has 0 radical (unpaired) electrons. The van der Waals surface area contributed by atoms with Crippen LogP contribution in [0.15, 0.2) is 18.3 Å². The molecular formula is C16H22N2O5. The van der Waals surface area contributed by atoms with Crippen molar-refractivity contribution in [2.45, 2.75) is 31.5 Å². The SMILES string of the molecule is O=C(O)c1cc(N2CCC3(CC2)[C@H](O)C[C@@H]3OCCO)ccn1. The van der Waals surface area contributed by atoms with Gasteiger partial charge in [-0.05, 0) is 25.0 Å². The number of ether oxygens (including phenoxy) is 1. The van der Waals surface area contributed by atoms with Crippen LogP contribution in [0.1, 0.15) is 29.8 Å². The molecule has 0 bridgehead atoms. The van der Waals surface area contributed by atoms with Crippen molar-refractivity contribution in [2.75, 3.05) is 31.2 Å². The van der Waals surface area contributed by atoms with Gasteiger partial charge in [0.15, 0.2) is 0 Å². The van der Waals surface area contributed by atoms with E-state index in [-0.39, 0.29) is 29.9 Å². The predicted octanol–water partition coefficient (Wildman–Crippen LogP) is 0.508. The van der Waals surface area contributed by atoms with Gasteiger partial charge in [0, 0.05) is 36.8 Å². The standard InChI is InChI=1S/C16H22N2O5/c19-7-8-23-14-10-13(20)16(14)2-5-18(6-3-16)11-1-4-17-12(9-11)15(21)22/h1,4,9,13-14,19-20H,2-3,5-8,10H2,(H,21,22)/t13-,14+/m1/s1. The molecule has 0 amide bonds. The number of piperidine rings is 1. The number of rotatable bonds is 5. The zero-order chi connectivity index (χ0) is 16.4. The average molecular weight is 322 g/mol. The Hall–Kier alpha value is -1.70. The van der Waals surface area contributed by atoms with E-state index in [2.05, 4.69) is 9.88 Å². The number of carboxylic acid groups (broad SMARTS) is 1. The Morgan fingerprint density at radius 2 is 2.17 bits per heavy atom. The van der Waals surface area contributed by atoms with E-state index in [0.717, 1.165) is 31.6 Å². The Bertz CT molecular complexity index is 571. The molecule has 2 atom stereocenters. The van der Waals surface area contributed by atoms with E-state index in [1.165, 1.54) is 6.20 Å². The third kappa shape index (κ3) is 2.91. The lowest BCUT2D eigenvalue weighted by molar-refractivity contribution is -0.203. The molecule has 126 valence electrons. The maximum Gasteiger partial charge on any atom is 0.354 e. The van der Waals surface area contributed by atoms with Gasteiger partial charge in [-0.3, -0.25) is 0 Å². The van der Waals surface area contributed by atoms with Crippen LogP contribution in [0.5, 0.6) is 0 Å². The number of pyridine rings is 1. The first-order chi connectivity index (χ1) is 11.1. The average Bonchev–Trinajstić information content (AvgIpc) is 2.58. The number of carboxylic acids is 1. The van der Waals surface area contributed by atoms with Gasteiger partial charge in [-0.1, -0.05) is 0 Å². The Balaban J connectivity index is 1.66. The van der Waals surface area contributed by atoms with E-state index in [1.807, 2.05) is 0 Å². The molecule has 2 heterocycles. The van der Waals surface area contributed by atoms with Crippen LogP contribution in [-0.4, -0.2) is 64.8 Å². The lowest BCUT2D eigenvalue weighted by Gasteiger charge is -2.56. The van der Waals surface area contributed by atoms with Crippen molar-refractivity contribution in [3.05, 3.63) is 24.0 Å². The molecule has 0 aromatic carbocycles. The van der Waals surface area contributed by atoms with E-state index in [0.29, 0.717) is 13.0 Å². The molecule has 3 N–H and O–H groups in total. The van der Waals surface area contributed by atoms with E-state index < -0.39 is 5.97 Å². The highest BCUT2D eigenvalue weighted by Crippen LogP contribution is 2.51. The van der Waals surface area contributed by atoms with Crippen LogP contribution in [0, 0.1) is 5.41 Å². The minimum absolute atomic E-state index is 0.00109. The van der Waals surface area contributed by atoms with E-state index >= 15 is 0 Å². The minimum atomic E-state index is -1.03. The molecular weight excluding hydrogens is 300 g/mol. The summed E-state index contributed by atoms with van der Waals surface area (Å²) in [5.74, 6) is -1.03. The Kier molecular flexibility index (Phi) is 4.52. The van der Waals surface area contributed by atoms with Crippen molar-refractivity contribution in [1.29, 1.82) is 0 Å². The molecule has 1 saturated heterocycles. The number of aromatic nitrogens is 1. The monoisotopic (exact) mass is 322 g/mol. The van der Waals surface area contributed by atoms with Gasteiger partial charge >= 0.3 is 5.97 Å². The van der Waals surface area contributed by atoms with Crippen LogP contribution in [-0.2, 0) is 4.74 Å². The number of aromatic carboxylic acids is 1. The third-order valence-electron chi connectivity index (χ3n) is 5.17. The second kappa shape index (κ2) is 6.43. The summed E-state index contributed by atoms with van der Waals surface area (Å²) in [5.41, 5.74) is 0.651. The quantitative estimate of drug-likeness (QED) is 0.725. The number of aliphatic hydroxyl groups excluding tert-OH is 2. The van der Waals surface area contributed by atoms with Crippen LogP contribution < -0.4 is 4.90 Å². The van der Waals surface area contributed by atoms with Crippen molar-refractivity contribution >= 4 is 11.7 Å². The second-order valence-corrected chi connectivity index (χ2v) is 6.26. The zero-order valence-corrected chi connectivity index (χ0v) is 12.9. The molecule has 1 aliphatic heterocycles. The summed E-state index contributed by atoms with van der Waals surface area (Å²) >= 11 is 0. The third-order valence-corrected chi connectivity index (χ3v) is 5.17. The fourth-order valence-electron chi connectivity index (χ4n) is 3.72. The van der Waals surface area contributed by atoms with Crippen molar-refractivity contribution in [2.24, 2.45) is 5.41 Å². The van der Waals surface area contributed by atoms with E-state index in [9.17, 15) is 9.90 Å². The van der Waals surface area contributed by atoms with Crippen LogP contribution in [0.3, 0.4) is 0 Å². The molecule has 1 saturated carbocycles. The van der Waals surface area contributed by atoms with Gasteiger partial charge in [0.05, 0.1) is 25.4 Å². The fourth-order valence-corrected chi connectivity index (χ4v) is 3.72. The molecule has 2 fully saturated rings. The molecule has 2 aliphatic rings. The Morgan fingerprint density at radius 1 is 1.43 bits per heavy atom. The lowest BCUT2D eigenvalue weighted by Crippen LogP contribution is -2.62.